The molecule has 0 saturated carbocycles. The summed E-state index contributed by atoms with van der Waals surface area (Å²) in [5.74, 6) is -0.538. The van der Waals surface area contributed by atoms with Crippen LogP contribution in [0, 0.1) is 12.8 Å². The summed E-state index contributed by atoms with van der Waals surface area (Å²) in [6, 6.07) is 0. The van der Waals surface area contributed by atoms with Gasteiger partial charge in [-0.15, -0.1) is 5.10 Å². The highest BCUT2D eigenvalue weighted by Crippen LogP contribution is 2.24. The SMILES string of the molecule is Cc1nc(NC(=O)CSc2nncc(=O)[nH]2)sc1C(=O)OCC(C)C. The molecule has 0 spiro atoms. The monoisotopic (exact) mass is 383 g/mol. The van der Waals surface area contributed by atoms with Crippen LogP contribution in [-0.4, -0.2) is 44.4 Å². The number of aryl methyl sites for hydroxylation is 1. The number of nitrogens with zero attached hydrogens (tertiary/aromatic N) is 3. The maximum atomic E-state index is 12.0. The van der Waals surface area contributed by atoms with Crippen molar-refractivity contribution < 1.29 is 14.3 Å². The number of nitrogens with one attached hydrogen (secondary N) is 2. The van der Waals surface area contributed by atoms with Crippen LogP contribution in [0.15, 0.2) is 16.1 Å². The van der Waals surface area contributed by atoms with Gasteiger partial charge in [0.1, 0.15) is 11.1 Å². The summed E-state index contributed by atoms with van der Waals surface area (Å²) in [5, 5.41) is 10.4. The number of carbonyl (C=O) groups is 2. The topological polar surface area (TPSA) is 127 Å². The first kappa shape index (κ1) is 19.1. The number of esters is 1. The van der Waals surface area contributed by atoms with E-state index in [1.54, 1.807) is 6.92 Å². The first-order chi connectivity index (χ1) is 11.8. The fourth-order valence-corrected chi connectivity index (χ4v) is 3.09. The second-order valence-corrected chi connectivity index (χ2v) is 7.36. The number of rotatable bonds is 7. The van der Waals surface area contributed by atoms with Crippen molar-refractivity contribution in [2.45, 2.75) is 25.9 Å². The normalized spacial score (nSPS) is 10.7. The van der Waals surface area contributed by atoms with Crippen LogP contribution >= 0.6 is 23.1 Å². The van der Waals surface area contributed by atoms with E-state index in [1.165, 1.54) is 0 Å². The smallest absolute Gasteiger partial charge is 0.350 e. The van der Waals surface area contributed by atoms with Crippen molar-refractivity contribution in [2.24, 2.45) is 5.92 Å². The van der Waals surface area contributed by atoms with Crippen molar-refractivity contribution in [3.05, 3.63) is 27.1 Å². The van der Waals surface area contributed by atoms with Gasteiger partial charge in [-0.25, -0.2) is 9.78 Å². The van der Waals surface area contributed by atoms with Gasteiger partial charge in [-0.1, -0.05) is 36.9 Å². The summed E-state index contributed by atoms with van der Waals surface area (Å²) in [6.07, 6.45) is 1.04. The zero-order valence-electron chi connectivity index (χ0n) is 13.9. The Hall–Kier alpha value is -2.27. The molecule has 0 aliphatic rings. The van der Waals surface area contributed by atoms with Gasteiger partial charge < -0.3 is 10.1 Å². The van der Waals surface area contributed by atoms with E-state index < -0.39 is 11.5 Å². The molecule has 2 rings (SSSR count). The highest BCUT2D eigenvalue weighted by Gasteiger charge is 2.18. The highest BCUT2D eigenvalue weighted by atomic mass is 32.2. The molecule has 0 aliphatic carbocycles. The molecule has 2 heterocycles. The minimum atomic E-state index is -0.448. The van der Waals surface area contributed by atoms with Crippen LogP contribution in [0.2, 0.25) is 0 Å². The van der Waals surface area contributed by atoms with Gasteiger partial charge in [-0.05, 0) is 12.8 Å². The van der Waals surface area contributed by atoms with Gasteiger partial charge in [-0.2, -0.15) is 5.10 Å². The van der Waals surface area contributed by atoms with Gasteiger partial charge in [0.25, 0.3) is 5.56 Å². The van der Waals surface area contributed by atoms with Crippen LogP contribution in [-0.2, 0) is 9.53 Å². The largest absolute Gasteiger partial charge is 0.461 e. The summed E-state index contributed by atoms with van der Waals surface area (Å²) >= 11 is 2.09. The Morgan fingerprint density at radius 3 is 2.88 bits per heavy atom. The van der Waals surface area contributed by atoms with Crippen molar-refractivity contribution in [1.29, 1.82) is 0 Å². The lowest BCUT2D eigenvalue weighted by molar-refractivity contribution is -0.113. The van der Waals surface area contributed by atoms with Crippen LogP contribution in [0.1, 0.15) is 29.2 Å². The highest BCUT2D eigenvalue weighted by molar-refractivity contribution is 7.99. The maximum absolute atomic E-state index is 12.0. The number of hydrogen-bond acceptors (Lipinski definition) is 9. The molecule has 0 unspecified atom stereocenters. The predicted octanol–water partition coefficient (Wildman–Crippen LogP) is 1.47. The van der Waals surface area contributed by atoms with Gasteiger partial charge in [0.05, 0.1) is 18.1 Å². The van der Waals surface area contributed by atoms with E-state index in [0.29, 0.717) is 22.3 Å². The number of H-pyrrole nitrogens is 1. The predicted molar refractivity (Wildman–Crippen MR) is 94.0 cm³/mol. The average molecular weight is 383 g/mol. The van der Waals surface area contributed by atoms with Crippen molar-refractivity contribution in [2.75, 3.05) is 17.7 Å². The lowest BCUT2D eigenvalue weighted by atomic mass is 10.2. The van der Waals surface area contributed by atoms with E-state index in [1.807, 2.05) is 13.8 Å². The molecule has 2 aromatic heterocycles. The number of thiazole rings is 1. The Kier molecular flexibility index (Phi) is 6.65. The van der Waals surface area contributed by atoms with Crippen LogP contribution in [0.25, 0.3) is 0 Å². The van der Waals surface area contributed by atoms with Crippen molar-refractivity contribution >= 4 is 40.1 Å². The fraction of sp³-hybridized carbons (Fsp3) is 0.429. The molecule has 2 N–H and O–H groups in total. The molecular weight excluding hydrogens is 366 g/mol. The number of aromatic nitrogens is 4. The zero-order chi connectivity index (χ0) is 18.4. The van der Waals surface area contributed by atoms with Gasteiger partial charge in [0.2, 0.25) is 5.91 Å². The van der Waals surface area contributed by atoms with Crippen molar-refractivity contribution in [3.63, 3.8) is 0 Å². The molecule has 0 bridgehead atoms. The molecule has 0 aliphatic heterocycles. The quantitative estimate of drug-likeness (QED) is 0.544. The zero-order valence-corrected chi connectivity index (χ0v) is 15.5. The van der Waals surface area contributed by atoms with Gasteiger partial charge >= 0.3 is 5.97 Å². The minimum absolute atomic E-state index is 0.0143. The molecule has 0 fully saturated rings. The van der Waals surface area contributed by atoms with E-state index in [4.69, 9.17) is 4.74 Å². The van der Waals surface area contributed by atoms with Crippen LogP contribution < -0.4 is 10.9 Å². The van der Waals surface area contributed by atoms with Crippen LogP contribution in [0.3, 0.4) is 0 Å². The molecule has 134 valence electrons. The number of anilines is 1. The summed E-state index contributed by atoms with van der Waals surface area (Å²) in [5.41, 5.74) is 0.109. The Labute approximate surface area is 151 Å². The molecule has 25 heavy (non-hydrogen) atoms. The molecule has 2 aromatic rings. The van der Waals surface area contributed by atoms with Crippen LogP contribution in [0.4, 0.5) is 5.13 Å². The lowest BCUT2D eigenvalue weighted by Gasteiger charge is -2.05. The molecule has 0 saturated heterocycles. The Balaban J connectivity index is 1.91. The maximum Gasteiger partial charge on any atom is 0.350 e. The van der Waals surface area contributed by atoms with Crippen LogP contribution in [0.5, 0.6) is 0 Å². The molecule has 0 radical (unpaired) electrons. The molecule has 9 nitrogen and oxygen atoms in total. The van der Waals surface area contributed by atoms with E-state index in [-0.39, 0.29) is 22.7 Å². The number of thioether (sulfide) groups is 1. The Bertz CT molecular complexity index is 818. The molecule has 0 atom stereocenters. The summed E-state index contributed by atoms with van der Waals surface area (Å²) < 4.78 is 5.17. The molecular formula is C14H17N5O4S2. The number of ether oxygens (including phenoxy) is 1. The van der Waals surface area contributed by atoms with Crippen molar-refractivity contribution in [3.8, 4) is 0 Å². The van der Waals surface area contributed by atoms with Gasteiger partial charge in [-0.3, -0.25) is 14.6 Å². The summed E-state index contributed by atoms with van der Waals surface area (Å²) in [6.45, 7) is 5.89. The number of carbonyl (C=O) groups excluding carboxylic acids is 2. The molecule has 11 heteroatoms. The van der Waals surface area contributed by atoms with E-state index >= 15 is 0 Å². The minimum Gasteiger partial charge on any atom is -0.461 e. The van der Waals surface area contributed by atoms with E-state index in [2.05, 4.69) is 25.5 Å². The first-order valence-electron chi connectivity index (χ1n) is 7.34. The third-order valence-electron chi connectivity index (χ3n) is 2.67. The first-order valence-corrected chi connectivity index (χ1v) is 9.14. The Morgan fingerprint density at radius 2 is 2.20 bits per heavy atom. The Morgan fingerprint density at radius 1 is 1.44 bits per heavy atom. The third kappa shape index (κ3) is 5.94. The molecule has 1 amide bonds. The fourth-order valence-electron chi connectivity index (χ4n) is 1.60. The molecule has 0 aromatic carbocycles. The third-order valence-corrected chi connectivity index (χ3v) is 4.59. The summed E-state index contributed by atoms with van der Waals surface area (Å²) in [4.78, 5) is 42.0. The van der Waals surface area contributed by atoms with E-state index in [9.17, 15) is 14.4 Å². The average Bonchev–Trinajstić information content (AvgIpc) is 2.91. The van der Waals surface area contributed by atoms with E-state index in [0.717, 1.165) is 29.3 Å². The second kappa shape index (κ2) is 8.72. The van der Waals surface area contributed by atoms with Gasteiger partial charge in [0.15, 0.2) is 10.3 Å². The lowest BCUT2D eigenvalue weighted by Crippen LogP contribution is -2.15. The van der Waals surface area contributed by atoms with Gasteiger partial charge in [0, 0.05) is 0 Å². The summed E-state index contributed by atoms with van der Waals surface area (Å²) in [7, 11) is 0. The second-order valence-electron chi connectivity index (χ2n) is 5.40. The number of amides is 1. The number of hydrogen-bond donors (Lipinski definition) is 2. The standard InChI is InChI=1S/C14H17N5O4S2/c1-7(2)5-23-12(22)11-8(3)16-13(25-11)18-10(21)6-24-14-17-9(20)4-15-19-14/h4,7H,5-6H2,1-3H3,(H,16,18,21)(H,17,19,20). The van der Waals surface area contributed by atoms with Crippen molar-refractivity contribution in [1.82, 2.24) is 20.2 Å². The number of aromatic amines is 1.